The fourth-order valence-corrected chi connectivity index (χ4v) is 11.1. The molecule has 3 aromatic rings. The topological polar surface area (TPSA) is 94.5 Å². The third-order valence-corrected chi connectivity index (χ3v) is 12.7. The van der Waals surface area contributed by atoms with Gasteiger partial charge in [0.05, 0.1) is 41.2 Å². The first kappa shape index (κ1) is 34.7. The maximum absolute atomic E-state index is 13.6. The molecule has 8 nitrogen and oxygen atoms in total. The van der Waals surface area contributed by atoms with Crippen LogP contribution >= 0.6 is 0 Å². The van der Waals surface area contributed by atoms with Crippen LogP contribution in [0.2, 0.25) is 19.6 Å². The molecule has 3 aliphatic rings. The number of benzene rings is 3. The van der Waals surface area contributed by atoms with Crippen molar-refractivity contribution in [1.29, 1.82) is 0 Å². The van der Waals surface area contributed by atoms with Gasteiger partial charge in [0, 0.05) is 24.8 Å². The first-order valence-corrected chi connectivity index (χ1v) is 21.8. The zero-order valence-corrected chi connectivity index (χ0v) is 30.8. The summed E-state index contributed by atoms with van der Waals surface area (Å²) in [5.74, 6) is -0.844. The zero-order valence-electron chi connectivity index (χ0n) is 28.9. The molecule has 2 fully saturated rings. The van der Waals surface area contributed by atoms with Gasteiger partial charge in [0.25, 0.3) is 10.1 Å². The first-order chi connectivity index (χ1) is 22.8. The standard InChI is InChI=1S/C38H48N2O6SSi/c1-7-37(46-48(4,5)6,26-45-47(42,43)30-19-17-27(2)18-20-30)24-29-23-31(36(41)44-3)34-38(32-15-11-12-16-33(32)39-34)21-22-40(35(29)38)25-28-13-9-8-10-14-28/h8-20,29,31,35H,7,21-26H2,1-6H3/t29-,31?,35+,37-,38?/m0/s1. The number of aryl methyl sites for hydroxylation is 1. The molecule has 2 aliphatic heterocycles. The van der Waals surface area contributed by atoms with Gasteiger partial charge in [-0.1, -0.05) is 73.2 Å². The summed E-state index contributed by atoms with van der Waals surface area (Å²) in [6, 6.07) is 25.5. The molecule has 2 unspecified atom stereocenters. The van der Waals surface area contributed by atoms with E-state index in [9.17, 15) is 13.2 Å². The minimum absolute atomic E-state index is 0.00544. The number of esters is 1. The Morgan fingerprint density at radius 2 is 1.71 bits per heavy atom. The number of nitrogens with zero attached hydrogens (tertiary/aromatic N) is 2. The number of hydrogen-bond acceptors (Lipinski definition) is 8. The molecule has 3 aromatic carbocycles. The number of carbonyl (C=O) groups excluding carboxylic acids is 1. The number of aliphatic imine (C=N–C) groups is 1. The monoisotopic (exact) mass is 688 g/mol. The van der Waals surface area contributed by atoms with Crippen LogP contribution in [0.3, 0.4) is 0 Å². The first-order valence-electron chi connectivity index (χ1n) is 17.0. The summed E-state index contributed by atoms with van der Waals surface area (Å²) < 4.78 is 45.4. The van der Waals surface area contributed by atoms with Crippen molar-refractivity contribution in [1.82, 2.24) is 4.90 Å². The van der Waals surface area contributed by atoms with Crippen molar-refractivity contribution < 1.29 is 26.6 Å². The maximum Gasteiger partial charge on any atom is 0.314 e. The highest BCUT2D eigenvalue weighted by molar-refractivity contribution is 7.86. The Hall–Kier alpha value is -3.15. The van der Waals surface area contributed by atoms with Crippen LogP contribution in [0.4, 0.5) is 5.69 Å². The van der Waals surface area contributed by atoms with Crippen LogP contribution in [0.5, 0.6) is 0 Å². The van der Waals surface area contributed by atoms with Crippen molar-refractivity contribution in [3.63, 3.8) is 0 Å². The van der Waals surface area contributed by atoms with Gasteiger partial charge in [-0.25, -0.2) is 0 Å². The van der Waals surface area contributed by atoms with Gasteiger partial charge in [0.15, 0.2) is 8.32 Å². The molecule has 1 spiro atoms. The molecule has 0 amide bonds. The van der Waals surface area contributed by atoms with E-state index in [0.717, 1.165) is 42.0 Å². The lowest BCUT2D eigenvalue weighted by molar-refractivity contribution is -0.144. The van der Waals surface area contributed by atoms with Gasteiger partial charge in [-0.05, 0) is 87.5 Å². The van der Waals surface area contributed by atoms with Crippen molar-refractivity contribution in [3.05, 3.63) is 95.6 Å². The highest BCUT2D eigenvalue weighted by Gasteiger charge is 2.64. The number of para-hydroxylation sites is 1. The summed E-state index contributed by atoms with van der Waals surface area (Å²) in [5, 5.41) is 0. The molecule has 2 heterocycles. The largest absolute Gasteiger partial charge is 0.469 e. The molecule has 0 radical (unpaired) electrons. The lowest BCUT2D eigenvalue weighted by Gasteiger charge is -2.51. The lowest BCUT2D eigenvalue weighted by atomic mass is 9.57. The summed E-state index contributed by atoms with van der Waals surface area (Å²) in [6.45, 7) is 11.8. The third-order valence-electron chi connectivity index (χ3n) is 10.4. The van der Waals surface area contributed by atoms with Crippen LogP contribution in [-0.2, 0) is 40.2 Å². The minimum atomic E-state index is -4.04. The number of ether oxygens (including phenoxy) is 1. The van der Waals surface area contributed by atoms with Crippen LogP contribution in [0.15, 0.2) is 88.8 Å². The molecule has 48 heavy (non-hydrogen) atoms. The molecule has 5 atom stereocenters. The summed E-state index contributed by atoms with van der Waals surface area (Å²) >= 11 is 0. The van der Waals surface area contributed by atoms with Gasteiger partial charge < -0.3 is 9.16 Å². The number of methoxy groups -OCH3 is 1. The van der Waals surface area contributed by atoms with Crippen LogP contribution in [-0.4, -0.2) is 65.2 Å². The normalized spacial score (nSPS) is 25.0. The van der Waals surface area contributed by atoms with Crippen LogP contribution in [0, 0.1) is 18.8 Å². The second-order valence-electron chi connectivity index (χ2n) is 14.7. The Morgan fingerprint density at radius 3 is 2.38 bits per heavy atom. The van der Waals surface area contributed by atoms with E-state index in [1.165, 1.54) is 12.7 Å². The summed E-state index contributed by atoms with van der Waals surface area (Å²) in [7, 11) is -4.82. The molecule has 10 heteroatoms. The molecule has 0 N–H and O–H groups in total. The minimum Gasteiger partial charge on any atom is -0.469 e. The number of carbonyl (C=O) groups is 1. The van der Waals surface area contributed by atoms with Crippen molar-refractivity contribution in [2.45, 2.75) is 87.7 Å². The third kappa shape index (κ3) is 6.57. The average molecular weight is 689 g/mol. The summed E-state index contributed by atoms with van der Waals surface area (Å²) in [4.78, 5) is 21.5. The predicted molar refractivity (Wildman–Crippen MR) is 190 cm³/mol. The van der Waals surface area contributed by atoms with E-state index in [4.69, 9.17) is 18.3 Å². The van der Waals surface area contributed by atoms with Crippen molar-refractivity contribution in [3.8, 4) is 0 Å². The van der Waals surface area contributed by atoms with Gasteiger partial charge >= 0.3 is 5.97 Å². The molecule has 1 saturated heterocycles. The van der Waals surface area contributed by atoms with E-state index in [-0.39, 0.29) is 29.4 Å². The lowest BCUT2D eigenvalue weighted by Crippen LogP contribution is -2.60. The highest BCUT2D eigenvalue weighted by Crippen LogP contribution is 2.58. The summed E-state index contributed by atoms with van der Waals surface area (Å²) in [6.07, 6.45) is 2.43. The molecule has 0 aromatic heterocycles. The van der Waals surface area contributed by atoms with E-state index in [0.29, 0.717) is 19.3 Å². The molecule has 1 saturated carbocycles. The predicted octanol–water partition coefficient (Wildman–Crippen LogP) is 7.20. The highest BCUT2D eigenvalue weighted by atomic mass is 32.2. The van der Waals surface area contributed by atoms with Gasteiger partial charge in [-0.3, -0.25) is 18.9 Å². The van der Waals surface area contributed by atoms with Crippen LogP contribution in [0.1, 0.15) is 49.3 Å². The average Bonchev–Trinajstić information content (AvgIpc) is 3.61. The van der Waals surface area contributed by atoms with E-state index in [2.05, 4.69) is 60.9 Å². The Morgan fingerprint density at radius 1 is 1.02 bits per heavy atom. The Kier molecular flexibility index (Phi) is 9.60. The maximum atomic E-state index is 13.6. The molecule has 256 valence electrons. The number of rotatable bonds is 12. The Balaban J connectivity index is 1.43. The number of likely N-dealkylation sites (tertiary alicyclic amines) is 1. The number of hydrogen-bond donors (Lipinski definition) is 0. The second-order valence-corrected chi connectivity index (χ2v) is 20.7. The van der Waals surface area contributed by atoms with Gasteiger partial charge in [-0.2, -0.15) is 8.42 Å². The summed E-state index contributed by atoms with van der Waals surface area (Å²) in [5.41, 5.74) is 3.80. The van der Waals surface area contributed by atoms with E-state index in [1.807, 2.05) is 32.0 Å². The Bertz CT molecular complexity index is 1770. The second kappa shape index (κ2) is 13.3. The smallest absolute Gasteiger partial charge is 0.314 e. The van der Waals surface area contributed by atoms with Gasteiger partial charge in [0.1, 0.15) is 0 Å². The van der Waals surface area contributed by atoms with E-state index >= 15 is 0 Å². The van der Waals surface area contributed by atoms with Gasteiger partial charge in [-0.15, -0.1) is 0 Å². The van der Waals surface area contributed by atoms with Crippen LogP contribution < -0.4 is 0 Å². The molecule has 6 rings (SSSR count). The molecule has 0 bridgehead atoms. The molecular formula is C38H48N2O6SSi. The van der Waals surface area contributed by atoms with Crippen molar-refractivity contribution in [2.24, 2.45) is 16.8 Å². The molecular weight excluding hydrogens is 641 g/mol. The fraction of sp³-hybridized carbons (Fsp3) is 0.474. The van der Waals surface area contributed by atoms with Crippen molar-refractivity contribution in [2.75, 3.05) is 20.3 Å². The number of fused-ring (bicyclic) bond motifs is 1. The Labute approximate surface area is 286 Å². The van der Waals surface area contributed by atoms with Crippen molar-refractivity contribution >= 4 is 35.8 Å². The molecule has 1 aliphatic carbocycles. The van der Waals surface area contributed by atoms with Crippen LogP contribution in [0.25, 0.3) is 0 Å². The van der Waals surface area contributed by atoms with E-state index < -0.39 is 35.4 Å². The van der Waals surface area contributed by atoms with Gasteiger partial charge in [0.2, 0.25) is 0 Å². The SMILES string of the molecule is CC[C@@](COS(=O)(=O)c1ccc(C)cc1)(C[C@@H]1CC(C(=O)OC)C2=Nc3ccccc3C23CCN(Cc2ccccc2)[C@H]13)O[Si](C)(C)C. The van der Waals surface area contributed by atoms with E-state index in [1.54, 1.807) is 24.3 Å². The fourth-order valence-electron chi connectivity index (χ4n) is 8.51. The zero-order chi connectivity index (χ0) is 34.3. The quantitative estimate of drug-likeness (QED) is 0.113.